The van der Waals surface area contributed by atoms with Gasteiger partial charge in [0, 0.05) is 0 Å². The molecule has 0 unspecified atom stereocenters. The summed E-state index contributed by atoms with van der Waals surface area (Å²) in [5.41, 5.74) is 9.76. The molecule has 0 aromatic heterocycles. The Morgan fingerprint density at radius 1 is 1.00 bits per heavy atom. The third kappa shape index (κ3) is 3.81. The highest BCUT2D eigenvalue weighted by atomic mass is 19.1. The van der Waals surface area contributed by atoms with Crippen LogP contribution in [0.1, 0.15) is 22.3 Å². The summed E-state index contributed by atoms with van der Waals surface area (Å²) >= 11 is 0. The molecule has 2 nitrogen and oxygen atoms in total. The monoisotopic (exact) mass is 273 g/mol. The molecule has 2 aromatic carbocycles. The molecule has 0 aliphatic carbocycles. The van der Waals surface area contributed by atoms with E-state index in [1.807, 2.05) is 32.0 Å². The Bertz CT molecular complexity index is 575. The van der Waals surface area contributed by atoms with Crippen molar-refractivity contribution in [3.05, 3.63) is 64.5 Å². The SMILES string of the molecule is Cc1cc(C)cc(COc2ccc(CCN)cc2F)c1. The number of benzene rings is 2. The topological polar surface area (TPSA) is 35.2 Å². The lowest BCUT2D eigenvalue weighted by Gasteiger charge is -2.10. The predicted octanol–water partition coefficient (Wildman–Crippen LogP) is 3.52. The van der Waals surface area contributed by atoms with Crippen LogP contribution in [0.4, 0.5) is 4.39 Å². The van der Waals surface area contributed by atoms with Crippen LogP contribution in [0, 0.1) is 19.7 Å². The molecule has 2 aromatic rings. The van der Waals surface area contributed by atoms with E-state index in [1.165, 1.54) is 17.2 Å². The molecule has 20 heavy (non-hydrogen) atoms. The van der Waals surface area contributed by atoms with Crippen molar-refractivity contribution >= 4 is 0 Å². The molecule has 0 aliphatic heterocycles. The third-order valence-electron chi connectivity index (χ3n) is 3.11. The largest absolute Gasteiger partial charge is 0.486 e. The van der Waals surface area contributed by atoms with E-state index in [0.717, 1.165) is 11.1 Å². The average Bonchev–Trinajstić information content (AvgIpc) is 2.37. The summed E-state index contributed by atoms with van der Waals surface area (Å²) < 4.78 is 19.4. The zero-order valence-corrected chi connectivity index (χ0v) is 11.9. The van der Waals surface area contributed by atoms with Gasteiger partial charge in [-0.3, -0.25) is 0 Å². The Balaban J connectivity index is 2.06. The Morgan fingerprint density at radius 2 is 1.70 bits per heavy atom. The van der Waals surface area contributed by atoms with Gasteiger partial charge in [-0.05, 0) is 50.1 Å². The smallest absolute Gasteiger partial charge is 0.165 e. The van der Waals surface area contributed by atoms with E-state index in [4.69, 9.17) is 10.5 Å². The van der Waals surface area contributed by atoms with Crippen LogP contribution < -0.4 is 10.5 Å². The Kier molecular flexibility index (Phi) is 4.74. The van der Waals surface area contributed by atoms with Gasteiger partial charge >= 0.3 is 0 Å². The Hall–Kier alpha value is -1.87. The van der Waals surface area contributed by atoms with Gasteiger partial charge in [0.15, 0.2) is 11.6 Å². The third-order valence-corrected chi connectivity index (χ3v) is 3.11. The number of hydrogen-bond donors (Lipinski definition) is 1. The van der Waals surface area contributed by atoms with Crippen LogP contribution in [0.2, 0.25) is 0 Å². The molecule has 0 saturated carbocycles. The van der Waals surface area contributed by atoms with Gasteiger partial charge in [0.05, 0.1) is 0 Å². The van der Waals surface area contributed by atoms with Gasteiger partial charge in [0.1, 0.15) is 6.61 Å². The second-order valence-corrected chi connectivity index (χ2v) is 5.09. The number of rotatable bonds is 5. The minimum Gasteiger partial charge on any atom is -0.486 e. The van der Waals surface area contributed by atoms with Crippen molar-refractivity contribution in [2.24, 2.45) is 5.73 Å². The zero-order valence-electron chi connectivity index (χ0n) is 11.9. The van der Waals surface area contributed by atoms with Crippen molar-refractivity contribution in [2.45, 2.75) is 26.9 Å². The van der Waals surface area contributed by atoms with Crippen LogP contribution >= 0.6 is 0 Å². The summed E-state index contributed by atoms with van der Waals surface area (Å²) in [6.45, 7) is 4.97. The van der Waals surface area contributed by atoms with Crippen molar-refractivity contribution in [3.63, 3.8) is 0 Å². The number of aryl methyl sites for hydroxylation is 2. The second-order valence-electron chi connectivity index (χ2n) is 5.09. The quantitative estimate of drug-likeness (QED) is 0.904. The number of nitrogens with two attached hydrogens (primary N) is 1. The fraction of sp³-hybridized carbons (Fsp3) is 0.294. The fourth-order valence-corrected chi connectivity index (χ4v) is 2.30. The molecular formula is C17H20FNO. The Labute approximate surface area is 119 Å². The van der Waals surface area contributed by atoms with Gasteiger partial charge in [0.25, 0.3) is 0 Å². The summed E-state index contributed by atoms with van der Waals surface area (Å²) in [6.07, 6.45) is 0.675. The molecule has 0 atom stereocenters. The highest BCUT2D eigenvalue weighted by Gasteiger charge is 2.05. The first-order chi connectivity index (χ1) is 9.58. The normalized spacial score (nSPS) is 10.6. The van der Waals surface area contributed by atoms with Gasteiger partial charge in [-0.2, -0.15) is 0 Å². The summed E-state index contributed by atoms with van der Waals surface area (Å²) in [7, 11) is 0. The van der Waals surface area contributed by atoms with E-state index >= 15 is 0 Å². The molecule has 106 valence electrons. The second kappa shape index (κ2) is 6.53. The molecule has 3 heteroatoms. The fourth-order valence-electron chi connectivity index (χ4n) is 2.30. The van der Waals surface area contributed by atoms with Gasteiger partial charge in [0.2, 0.25) is 0 Å². The first kappa shape index (κ1) is 14.5. The van der Waals surface area contributed by atoms with Crippen molar-refractivity contribution in [2.75, 3.05) is 6.54 Å². The molecule has 0 saturated heterocycles. The molecule has 2 N–H and O–H groups in total. The van der Waals surface area contributed by atoms with Gasteiger partial charge in [-0.1, -0.05) is 35.4 Å². The highest BCUT2D eigenvalue weighted by molar-refractivity contribution is 5.31. The minimum absolute atomic E-state index is 0.282. The van der Waals surface area contributed by atoms with Gasteiger partial charge < -0.3 is 10.5 Å². The predicted molar refractivity (Wildman–Crippen MR) is 79.4 cm³/mol. The lowest BCUT2D eigenvalue weighted by atomic mass is 10.1. The number of hydrogen-bond acceptors (Lipinski definition) is 2. The lowest BCUT2D eigenvalue weighted by molar-refractivity contribution is 0.290. The average molecular weight is 273 g/mol. The van der Waals surface area contributed by atoms with E-state index in [0.29, 0.717) is 19.6 Å². The van der Waals surface area contributed by atoms with Gasteiger partial charge in [-0.25, -0.2) is 4.39 Å². The molecule has 0 heterocycles. The summed E-state index contributed by atoms with van der Waals surface area (Å²) in [5.74, 6) is -0.0507. The van der Waals surface area contributed by atoms with E-state index in [-0.39, 0.29) is 11.6 Å². The molecule has 0 radical (unpaired) electrons. The van der Waals surface area contributed by atoms with Crippen molar-refractivity contribution < 1.29 is 9.13 Å². The number of halogens is 1. The lowest BCUT2D eigenvalue weighted by Crippen LogP contribution is -2.04. The molecule has 2 rings (SSSR count). The molecule has 0 aliphatic rings. The minimum atomic E-state index is -0.333. The molecular weight excluding hydrogens is 253 g/mol. The maximum Gasteiger partial charge on any atom is 0.165 e. The summed E-state index contributed by atoms with van der Waals surface area (Å²) in [6, 6.07) is 11.2. The zero-order chi connectivity index (χ0) is 14.5. The van der Waals surface area contributed by atoms with E-state index in [1.54, 1.807) is 6.07 Å². The van der Waals surface area contributed by atoms with Crippen LogP contribution in [0.15, 0.2) is 36.4 Å². The summed E-state index contributed by atoms with van der Waals surface area (Å²) in [4.78, 5) is 0. The van der Waals surface area contributed by atoms with Crippen molar-refractivity contribution in [1.82, 2.24) is 0 Å². The van der Waals surface area contributed by atoms with Crippen LogP contribution in [0.3, 0.4) is 0 Å². The molecule has 0 bridgehead atoms. The first-order valence-corrected chi connectivity index (χ1v) is 6.77. The van der Waals surface area contributed by atoms with E-state index in [2.05, 4.69) is 6.07 Å². The van der Waals surface area contributed by atoms with E-state index < -0.39 is 0 Å². The molecule has 0 spiro atoms. The van der Waals surface area contributed by atoms with Crippen molar-refractivity contribution in [3.8, 4) is 5.75 Å². The standard InChI is InChI=1S/C17H20FNO/c1-12-7-13(2)9-15(8-12)11-20-17-4-3-14(5-6-19)10-16(17)18/h3-4,7-10H,5-6,11,19H2,1-2H3. The van der Waals surface area contributed by atoms with Crippen molar-refractivity contribution in [1.29, 1.82) is 0 Å². The van der Waals surface area contributed by atoms with E-state index in [9.17, 15) is 4.39 Å². The molecule has 0 amide bonds. The summed E-state index contributed by atoms with van der Waals surface area (Å²) in [5, 5.41) is 0. The maximum absolute atomic E-state index is 13.9. The molecule has 0 fully saturated rings. The van der Waals surface area contributed by atoms with Gasteiger partial charge in [-0.15, -0.1) is 0 Å². The van der Waals surface area contributed by atoms with Crippen LogP contribution in [-0.4, -0.2) is 6.54 Å². The van der Waals surface area contributed by atoms with Crippen LogP contribution in [0.5, 0.6) is 5.75 Å². The van der Waals surface area contributed by atoms with Crippen LogP contribution in [0.25, 0.3) is 0 Å². The Morgan fingerprint density at radius 3 is 2.30 bits per heavy atom. The highest BCUT2D eigenvalue weighted by Crippen LogP contribution is 2.20. The number of ether oxygens (including phenoxy) is 1. The maximum atomic E-state index is 13.9. The van der Waals surface area contributed by atoms with Crippen LogP contribution in [-0.2, 0) is 13.0 Å². The first-order valence-electron chi connectivity index (χ1n) is 6.77.